The fourth-order valence-electron chi connectivity index (χ4n) is 12.7. The highest BCUT2D eigenvalue weighted by atomic mass is 16.6. The Kier molecular flexibility index (Phi) is 22.9. The number of anilines is 3. The van der Waals surface area contributed by atoms with Crippen molar-refractivity contribution in [2.75, 3.05) is 75.8 Å². The second-order valence-electron chi connectivity index (χ2n) is 28.9. The van der Waals surface area contributed by atoms with Crippen LogP contribution in [0.3, 0.4) is 0 Å². The van der Waals surface area contributed by atoms with E-state index < -0.39 is 0 Å². The number of carbonyl (C=O) groups is 3. The van der Waals surface area contributed by atoms with Gasteiger partial charge in [0.05, 0.1) is 20.3 Å². The molecule has 16 nitrogen and oxygen atoms in total. The van der Waals surface area contributed by atoms with Crippen molar-refractivity contribution in [3.8, 4) is 28.9 Å². The summed E-state index contributed by atoms with van der Waals surface area (Å²) in [6.45, 7) is 26.3. The number of carbonyl (C=O) groups excluding carboxylic acids is 3. The molecule has 3 unspecified atom stereocenters. The number of rotatable bonds is 18. The third-order valence-electron chi connectivity index (χ3n) is 18.4. The molecule has 5 N–H and O–H groups in total. The number of morpholine rings is 1. The standard InChI is InChI=1S/C32H38N2O4.C27H29N3O2.C25H28N2O3/c1-32(2,3)26-9-7-24(8-10-26)28(25-6-4-5-23(19-25)22-34-13-15-36-16-14-34)21-31(35)33-27-11-12-29-30(20-27)38-18-17-37-29;1-27(2,3)21-8-5-18(6-9-21)23(20-7-12-26(32-4)29-17-20)16-25(31)30-22-10-11-24-19(15-22)13-14-28-24;1-25(2,3)18-8-6-17(7-9-18)20(21-5-4-12-26-21)16-24(28)27-19-10-11-22-23(15-19)30-14-13-29-22/h4-12,19-20,28H,13-18,21-22H2,1-3H3,(H,33,35);5-15,17,23,28H,16H2,1-4H3,(H,30,31);4-12,15,20,26H,13-14,16H2,1-3H3,(H,27,28). The number of aromatic nitrogens is 3. The van der Waals surface area contributed by atoms with Gasteiger partial charge in [0.15, 0.2) is 23.0 Å². The predicted molar refractivity (Wildman–Crippen MR) is 398 cm³/mol. The number of H-pyrrole nitrogens is 2. The van der Waals surface area contributed by atoms with Crippen LogP contribution in [0.5, 0.6) is 28.9 Å². The molecule has 10 aromatic rings. The zero-order valence-corrected chi connectivity index (χ0v) is 59.3. The van der Waals surface area contributed by atoms with Gasteiger partial charge in [-0.05, 0) is 127 Å². The summed E-state index contributed by atoms with van der Waals surface area (Å²) in [6.07, 6.45) is 6.57. The second-order valence-corrected chi connectivity index (χ2v) is 28.9. The Bertz CT molecular complexity index is 4330. The SMILES string of the molecule is CC(C)(C)c1ccc(C(CC(=O)Nc2ccc3c(c2)OCCO3)c2ccc[nH]2)cc1.CC(C)(C)c1ccc(C(CC(=O)Nc2ccc3c(c2)OCCO3)c2cccc(CN3CCOCC3)c2)cc1.COc1ccc(C(CC(=O)Nc2ccc3[nH]ccc3c2)c2ccc(C(C)(C)C)cc2)cn1. The largest absolute Gasteiger partial charge is 0.486 e. The lowest BCUT2D eigenvalue weighted by Gasteiger charge is -2.27. The molecule has 3 atom stereocenters. The van der Waals surface area contributed by atoms with Gasteiger partial charge in [0.1, 0.15) is 26.4 Å². The van der Waals surface area contributed by atoms with Crippen molar-refractivity contribution in [3.05, 3.63) is 256 Å². The van der Waals surface area contributed by atoms with Gasteiger partial charge in [-0.15, -0.1) is 0 Å². The zero-order chi connectivity index (χ0) is 70.4. The van der Waals surface area contributed by atoms with Gasteiger partial charge in [-0.2, -0.15) is 0 Å². The number of fused-ring (bicyclic) bond motifs is 3. The smallest absolute Gasteiger partial charge is 0.225 e. The van der Waals surface area contributed by atoms with E-state index in [0.29, 0.717) is 85.9 Å². The van der Waals surface area contributed by atoms with E-state index in [-0.39, 0.29) is 51.7 Å². The highest BCUT2D eigenvalue weighted by Crippen LogP contribution is 2.38. The van der Waals surface area contributed by atoms with Gasteiger partial charge in [-0.1, -0.05) is 165 Å². The molecule has 0 radical (unpaired) electrons. The minimum Gasteiger partial charge on any atom is -0.486 e. The van der Waals surface area contributed by atoms with E-state index >= 15 is 0 Å². The number of amides is 3. The Morgan fingerprint density at radius 2 is 0.930 bits per heavy atom. The lowest BCUT2D eigenvalue weighted by atomic mass is 9.83. The van der Waals surface area contributed by atoms with Crippen LogP contribution in [-0.4, -0.2) is 97.4 Å². The molecule has 0 saturated carbocycles. The van der Waals surface area contributed by atoms with Crippen LogP contribution >= 0.6 is 0 Å². The lowest BCUT2D eigenvalue weighted by molar-refractivity contribution is -0.117. The maximum Gasteiger partial charge on any atom is 0.225 e. The topological polar surface area (TPSA) is 190 Å². The van der Waals surface area contributed by atoms with Crippen LogP contribution in [0.15, 0.2) is 201 Å². The van der Waals surface area contributed by atoms with Crippen molar-refractivity contribution in [1.82, 2.24) is 19.9 Å². The summed E-state index contributed by atoms with van der Waals surface area (Å²) in [6, 6.07) is 61.2. The van der Waals surface area contributed by atoms with Gasteiger partial charge in [-0.25, -0.2) is 4.98 Å². The van der Waals surface area contributed by atoms with E-state index in [4.69, 9.17) is 28.4 Å². The Balaban J connectivity index is 0.000000152. The molecule has 1 saturated heterocycles. The lowest BCUT2D eigenvalue weighted by Crippen LogP contribution is -2.35. The number of hydrogen-bond acceptors (Lipinski definition) is 11. The van der Waals surface area contributed by atoms with Gasteiger partial charge >= 0.3 is 0 Å². The van der Waals surface area contributed by atoms with Crippen LogP contribution in [0.2, 0.25) is 0 Å². The number of pyridine rings is 1. The first-order valence-electron chi connectivity index (χ1n) is 34.7. The summed E-state index contributed by atoms with van der Waals surface area (Å²) >= 11 is 0. The van der Waals surface area contributed by atoms with Crippen LogP contribution in [0.1, 0.15) is 155 Å². The van der Waals surface area contributed by atoms with Gasteiger partial charge in [-0.3, -0.25) is 19.3 Å². The minimum absolute atomic E-state index is 0.0369. The maximum atomic E-state index is 13.4. The Labute approximate surface area is 588 Å². The third-order valence-corrected chi connectivity index (χ3v) is 18.4. The average molecular weight is 1350 g/mol. The molecule has 100 heavy (non-hydrogen) atoms. The number of nitrogens with zero attached hydrogens (tertiary/aromatic N) is 2. The summed E-state index contributed by atoms with van der Waals surface area (Å²) in [5.74, 6) is 2.95. The van der Waals surface area contributed by atoms with Gasteiger partial charge in [0.2, 0.25) is 23.6 Å². The molecular weight excluding hydrogens is 1250 g/mol. The molecule has 13 rings (SSSR count). The molecule has 1 fully saturated rings. The van der Waals surface area contributed by atoms with Crippen LogP contribution in [0.4, 0.5) is 17.1 Å². The zero-order valence-electron chi connectivity index (χ0n) is 59.3. The average Bonchev–Trinajstić information content (AvgIpc) is 0.897. The summed E-state index contributed by atoms with van der Waals surface area (Å²) in [5, 5.41) is 10.2. The first kappa shape index (κ1) is 71.1. The number of aromatic amines is 2. The van der Waals surface area contributed by atoms with Crippen molar-refractivity contribution in [2.45, 2.75) is 122 Å². The Hall–Kier alpha value is -10.2. The quantitative estimate of drug-likeness (QED) is 0.0549. The molecule has 16 heteroatoms. The molecule has 3 aromatic heterocycles. The minimum atomic E-state index is -0.113. The fourth-order valence-corrected chi connectivity index (χ4v) is 12.7. The number of ether oxygens (including phenoxy) is 6. The van der Waals surface area contributed by atoms with Gasteiger partial charge < -0.3 is 54.3 Å². The molecule has 0 aliphatic carbocycles. The summed E-state index contributed by atoms with van der Waals surface area (Å²) in [4.78, 5) is 52.5. The van der Waals surface area contributed by atoms with Crippen molar-refractivity contribution in [2.24, 2.45) is 0 Å². The molecule has 7 aromatic carbocycles. The molecule has 0 spiro atoms. The molecule has 3 aliphatic heterocycles. The highest BCUT2D eigenvalue weighted by Gasteiger charge is 2.26. The fraction of sp³-hybridized carbons (Fsp3) is 0.333. The number of benzene rings is 7. The third kappa shape index (κ3) is 19.2. The van der Waals surface area contributed by atoms with Gasteiger partial charge in [0, 0.05) is 127 Å². The normalized spacial score (nSPS) is 14.6. The van der Waals surface area contributed by atoms with Crippen molar-refractivity contribution >= 4 is 45.7 Å². The van der Waals surface area contributed by atoms with E-state index in [9.17, 15) is 14.4 Å². The summed E-state index contributed by atoms with van der Waals surface area (Å²) in [5.41, 5.74) is 15.0. The van der Waals surface area contributed by atoms with E-state index in [1.165, 1.54) is 22.3 Å². The first-order chi connectivity index (χ1) is 48.1. The molecule has 3 amide bonds. The molecule has 520 valence electrons. The molecule has 6 heterocycles. The first-order valence-corrected chi connectivity index (χ1v) is 34.7. The van der Waals surface area contributed by atoms with Crippen LogP contribution in [-0.2, 0) is 41.9 Å². The van der Waals surface area contributed by atoms with Crippen molar-refractivity contribution < 1.29 is 42.8 Å². The molecule has 3 aliphatic rings. The van der Waals surface area contributed by atoms with Crippen molar-refractivity contribution in [1.29, 1.82) is 0 Å². The number of nitrogens with one attached hydrogen (secondary N) is 5. The van der Waals surface area contributed by atoms with E-state index in [0.717, 1.165) is 82.9 Å². The number of methoxy groups -OCH3 is 1. The predicted octanol–water partition coefficient (Wildman–Crippen LogP) is 17.0. The van der Waals surface area contributed by atoms with E-state index in [1.54, 1.807) is 13.3 Å². The van der Waals surface area contributed by atoms with Crippen molar-refractivity contribution in [3.63, 3.8) is 0 Å². The second kappa shape index (κ2) is 32.2. The highest BCUT2D eigenvalue weighted by molar-refractivity contribution is 5.95. The molecular formula is C84H95N7O9. The van der Waals surface area contributed by atoms with Crippen LogP contribution in [0.25, 0.3) is 10.9 Å². The van der Waals surface area contributed by atoms with E-state index in [2.05, 4.69) is 195 Å². The Morgan fingerprint density at radius 1 is 0.460 bits per heavy atom. The Morgan fingerprint density at radius 3 is 1.41 bits per heavy atom. The van der Waals surface area contributed by atoms with E-state index in [1.807, 2.05) is 97.3 Å². The van der Waals surface area contributed by atoms with Gasteiger partial charge in [0.25, 0.3) is 0 Å². The molecule has 0 bridgehead atoms. The van der Waals surface area contributed by atoms with Crippen LogP contribution < -0.4 is 39.6 Å². The maximum absolute atomic E-state index is 13.4. The van der Waals surface area contributed by atoms with Crippen LogP contribution in [0, 0.1) is 0 Å². The monoisotopic (exact) mass is 1350 g/mol. The number of hydrogen-bond donors (Lipinski definition) is 5. The summed E-state index contributed by atoms with van der Waals surface area (Å²) < 4.78 is 33.2. The summed E-state index contributed by atoms with van der Waals surface area (Å²) in [7, 11) is 1.60.